The lowest BCUT2D eigenvalue weighted by atomic mass is 10.1. The van der Waals surface area contributed by atoms with Gasteiger partial charge in [-0.25, -0.2) is 0 Å². The molecule has 0 saturated heterocycles. The summed E-state index contributed by atoms with van der Waals surface area (Å²) in [5.41, 5.74) is 6.53. The first kappa shape index (κ1) is 17.1. The maximum absolute atomic E-state index is 12.1. The average Bonchev–Trinajstić information content (AvgIpc) is 2.59. The summed E-state index contributed by atoms with van der Waals surface area (Å²) in [5.74, 6) is 0.292. The van der Waals surface area contributed by atoms with Crippen molar-refractivity contribution in [3.63, 3.8) is 0 Å². The number of hydrogen-bond donors (Lipinski definition) is 3. The van der Waals surface area contributed by atoms with E-state index in [0.29, 0.717) is 22.9 Å². The van der Waals surface area contributed by atoms with E-state index >= 15 is 0 Å². The second-order valence-electron chi connectivity index (χ2n) is 4.88. The van der Waals surface area contributed by atoms with E-state index in [-0.39, 0.29) is 18.0 Å². The van der Waals surface area contributed by atoms with Gasteiger partial charge in [-0.15, -0.1) is 0 Å². The monoisotopic (exact) mass is 329 g/mol. The fourth-order valence-corrected chi connectivity index (χ4v) is 2.13. The molecule has 0 saturated carbocycles. The van der Waals surface area contributed by atoms with E-state index < -0.39 is 5.91 Å². The predicted molar refractivity (Wildman–Crippen MR) is 91.6 cm³/mol. The molecule has 0 bridgehead atoms. The quantitative estimate of drug-likeness (QED) is 0.719. The molecule has 0 aliphatic carbocycles. The fraction of sp³-hybridized carbons (Fsp3) is 0.176. The standard InChI is InChI=1S/C17H19N3O4/c1-23-11-7-8-15(24-2)14(9-11)19-10-16(21)20-13-6-4-3-5-12(13)17(18)22/h3-9,19H,10H2,1-2H3,(H2,18,22)(H,20,21). The molecule has 2 rings (SSSR count). The molecule has 2 aromatic rings. The van der Waals surface area contributed by atoms with Crippen LogP contribution in [-0.4, -0.2) is 32.6 Å². The molecule has 7 heteroatoms. The summed E-state index contributed by atoms with van der Waals surface area (Å²) < 4.78 is 10.4. The van der Waals surface area contributed by atoms with Crippen molar-refractivity contribution < 1.29 is 19.1 Å². The van der Waals surface area contributed by atoms with Crippen LogP contribution in [0, 0.1) is 0 Å². The summed E-state index contributed by atoms with van der Waals surface area (Å²) in [5, 5.41) is 5.63. The first-order valence-electron chi connectivity index (χ1n) is 7.19. The molecule has 0 aliphatic rings. The third kappa shape index (κ3) is 4.16. The van der Waals surface area contributed by atoms with Gasteiger partial charge < -0.3 is 25.8 Å². The number of amides is 2. The minimum Gasteiger partial charge on any atom is -0.497 e. The molecular formula is C17H19N3O4. The van der Waals surface area contributed by atoms with Gasteiger partial charge in [0.25, 0.3) is 5.91 Å². The summed E-state index contributed by atoms with van der Waals surface area (Å²) in [6.45, 7) is -0.0172. The molecule has 2 amide bonds. The Kier molecular flexibility index (Phi) is 5.62. The first-order valence-corrected chi connectivity index (χ1v) is 7.19. The largest absolute Gasteiger partial charge is 0.497 e. The number of primary amides is 1. The number of ether oxygens (including phenoxy) is 2. The van der Waals surface area contributed by atoms with Crippen molar-refractivity contribution in [2.45, 2.75) is 0 Å². The number of carbonyl (C=O) groups is 2. The second kappa shape index (κ2) is 7.87. The highest BCUT2D eigenvalue weighted by molar-refractivity contribution is 6.03. The number of anilines is 2. The summed E-state index contributed by atoms with van der Waals surface area (Å²) in [6.07, 6.45) is 0. The van der Waals surface area contributed by atoms with Crippen LogP contribution in [0.1, 0.15) is 10.4 Å². The second-order valence-corrected chi connectivity index (χ2v) is 4.88. The van der Waals surface area contributed by atoms with Crippen molar-refractivity contribution in [3.05, 3.63) is 48.0 Å². The Morgan fingerprint density at radius 2 is 1.79 bits per heavy atom. The van der Waals surface area contributed by atoms with Crippen LogP contribution in [0.3, 0.4) is 0 Å². The molecule has 4 N–H and O–H groups in total. The molecule has 0 atom stereocenters. The van der Waals surface area contributed by atoms with Gasteiger partial charge in [0.15, 0.2) is 0 Å². The van der Waals surface area contributed by atoms with Crippen LogP contribution in [0.4, 0.5) is 11.4 Å². The lowest BCUT2D eigenvalue weighted by molar-refractivity contribution is -0.114. The smallest absolute Gasteiger partial charge is 0.250 e. The molecule has 126 valence electrons. The number of carbonyl (C=O) groups excluding carboxylic acids is 2. The number of benzene rings is 2. The molecule has 0 fully saturated rings. The van der Waals surface area contributed by atoms with Gasteiger partial charge in [0, 0.05) is 6.07 Å². The maximum Gasteiger partial charge on any atom is 0.250 e. The van der Waals surface area contributed by atoms with Crippen LogP contribution < -0.4 is 25.8 Å². The van der Waals surface area contributed by atoms with Gasteiger partial charge >= 0.3 is 0 Å². The highest BCUT2D eigenvalue weighted by Gasteiger charge is 2.11. The number of hydrogen-bond acceptors (Lipinski definition) is 5. The molecule has 0 spiro atoms. The third-order valence-electron chi connectivity index (χ3n) is 3.31. The van der Waals surface area contributed by atoms with Crippen LogP contribution >= 0.6 is 0 Å². The van der Waals surface area contributed by atoms with Gasteiger partial charge in [-0.2, -0.15) is 0 Å². The fourth-order valence-electron chi connectivity index (χ4n) is 2.13. The SMILES string of the molecule is COc1ccc(OC)c(NCC(=O)Nc2ccccc2C(N)=O)c1. The van der Waals surface area contributed by atoms with Crippen molar-refractivity contribution in [3.8, 4) is 11.5 Å². The van der Waals surface area contributed by atoms with Gasteiger partial charge in [0.05, 0.1) is 37.7 Å². The summed E-state index contributed by atoms with van der Waals surface area (Å²) in [7, 11) is 3.09. The number of para-hydroxylation sites is 1. The molecule has 24 heavy (non-hydrogen) atoms. The van der Waals surface area contributed by atoms with E-state index in [1.54, 1.807) is 49.6 Å². The first-order chi connectivity index (χ1) is 11.5. The van der Waals surface area contributed by atoms with Crippen molar-refractivity contribution in [1.82, 2.24) is 0 Å². The topological polar surface area (TPSA) is 103 Å². The van der Waals surface area contributed by atoms with Gasteiger partial charge in [-0.3, -0.25) is 9.59 Å². The summed E-state index contributed by atoms with van der Waals surface area (Å²) >= 11 is 0. The minimum absolute atomic E-state index is 0.0172. The molecule has 7 nitrogen and oxygen atoms in total. The normalized spacial score (nSPS) is 9.92. The minimum atomic E-state index is -0.603. The lowest BCUT2D eigenvalue weighted by Gasteiger charge is -2.13. The molecular weight excluding hydrogens is 310 g/mol. The van der Waals surface area contributed by atoms with Gasteiger partial charge in [-0.1, -0.05) is 12.1 Å². The Balaban J connectivity index is 2.05. The molecule has 0 unspecified atom stereocenters. The maximum atomic E-state index is 12.1. The van der Waals surface area contributed by atoms with Crippen LogP contribution in [0.15, 0.2) is 42.5 Å². The van der Waals surface area contributed by atoms with Gasteiger partial charge in [0.1, 0.15) is 11.5 Å². The lowest BCUT2D eigenvalue weighted by Crippen LogP contribution is -2.24. The zero-order valence-corrected chi connectivity index (χ0v) is 13.5. The Labute approximate surface area is 139 Å². The highest BCUT2D eigenvalue weighted by Crippen LogP contribution is 2.28. The highest BCUT2D eigenvalue weighted by atomic mass is 16.5. The summed E-state index contributed by atoms with van der Waals surface area (Å²) in [4.78, 5) is 23.5. The van der Waals surface area contributed by atoms with E-state index in [0.717, 1.165) is 0 Å². The predicted octanol–water partition coefficient (Wildman–Crippen LogP) is 1.85. The molecule has 0 heterocycles. The molecule has 0 aromatic heterocycles. The van der Waals surface area contributed by atoms with Crippen molar-refractivity contribution in [2.24, 2.45) is 5.73 Å². The Hall–Kier alpha value is -3.22. The number of nitrogens with one attached hydrogen (secondary N) is 2. The Morgan fingerprint density at radius 3 is 2.46 bits per heavy atom. The van der Waals surface area contributed by atoms with Crippen molar-refractivity contribution in [1.29, 1.82) is 0 Å². The van der Waals surface area contributed by atoms with E-state index in [4.69, 9.17) is 15.2 Å². The number of nitrogens with two attached hydrogens (primary N) is 1. The molecule has 2 aromatic carbocycles. The van der Waals surface area contributed by atoms with E-state index in [1.165, 1.54) is 7.11 Å². The zero-order valence-electron chi connectivity index (χ0n) is 13.5. The van der Waals surface area contributed by atoms with Crippen molar-refractivity contribution >= 4 is 23.2 Å². The van der Waals surface area contributed by atoms with E-state index in [1.807, 2.05) is 0 Å². The number of methoxy groups -OCH3 is 2. The number of rotatable bonds is 7. The molecule has 0 radical (unpaired) electrons. The van der Waals surface area contributed by atoms with Crippen LogP contribution in [0.5, 0.6) is 11.5 Å². The molecule has 0 aliphatic heterocycles. The van der Waals surface area contributed by atoms with E-state index in [9.17, 15) is 9.59 Å². The van der Waals surface area contributed by atoms with Gasteiger partial charge in [-0.05, 0) is 24.3 Å². The third-order valence-corrected chi connectivity index (χ3v) is 3.31. The zero-order chi connectivity index (χ0) is 17.5. The van der Waals surface area contributed by atoms with Crippen LogP contribution in [0.2, 0.25) is 0 Å². The van der Waals surface area contributed by atoms with E-state index in [2.05, 4.69) is 10.6 Å². The Bertz CT molecular complexity index is 746. The average molecular weight is 329 g/mol. The van der Waals surface area contributed by atoms with Crippen LogP contribution in [0.25, 0.3) is 0 Å². The van der Waals surface area contributed by atoms with Crippen molar-refractivity contribution in [2.75, 3.05) is 31.4 Å². The Morgan fingerprint density at radius 1 is 1.04 bits per heavy atom. The summed E-state index contributed by atoms with van der Waals surface area (Å²) in [6, 6.07) is 11.8. The van der Waals surface area contributed by atoms with Gasteiger partial charge in [0.2, 0.25) is 5.91 Å². The van der Waals surface area contributed by atoms with Crippen LogP contribution in [-0.2, 0) is 4.79 Å².